The van der Waals surface area contributed by atoms with E-state index >= 15 is 0 Å². The van der Waals surface area contributed by atoms with Crippen molar-refractivity contribution in [3.05, 3.63) is 93.6 Å². The lowest BCUT2D eigenvalue weighted by Crippen LogP contribution is -2.42. The van der Waals surface area contributed by atoms with Crippen molar-refractivity contribution < 1.29 is 18.7 Å². The molecule has 2 aromatic carbocycles. The first-order valence-electron chi connectivity index (χ1n) is 10.0. The zero-order chi connectivity index (χ0) is 23.2. The van der Waals surface area contributed by atoms with Crippen LogP contribution in [0, 0.1) is 6.92 Å². The molecule has 2 aromatic heterocycles. The van der Waals surface area contributed by atoms with E-state index in [1.807, 2.05) is 19.1 Å². The SMILES string of the molecule is Cc1ccc(-c2nc(CC(=O)NNC(=O)c3ccc(COc4ccc(Cl)cc4)cc3)cs2)o1. The van der Waals surface area contributed by atoms with Crippen molar-refractivity contribution in [3.63, 3.8) is 0 Å². The highest BCUT2D eigenvalue weighted by Gasteiger charge is 2.12. The van der Waals surface area contributed by atoms with Crippen molar-refractivity contribution in [2.75, 3.05) is 0 Å². The predicted molar refractivity (Wildman–Crippen MR) is 126 cm³/mol. The molecular weight excluding hydrogens is 462 g/mol. The maximum absolute atomic E-state index is 12.3. The van der Waals surface area contributed by atoms with Crippen LogP contribution in [0.1, 0.15) is 27.4 Å². The fourth-order valence-corrected chi connectivity index (χ4v) is 3.81. The largest absolute Gasteiger partial charge is 0.489 e. The van der Waals surface area contributed by atoms with Crippen LogP contribution in [0.3, 0.4) is 0 Å². The Morgan fingerprint density at radius 2 is 1.79 bits per heavy atom. The lowest BCUT2D eigenvalue weighted by molar-refractivity contribution is -0.121. The molecule has 4 aromatic rings. The second kappa shape index (κ2) is 10.3. The Kier molecular flexibility index (Phi) is 7.07. The molecule has 0 radical (unpaired) electrons. The van der Waals surface area contributed by atoms with Gasteiger partial charge in [-0.05, 0) is 61.0 Å². The fraction of sp³-hybridized carbons (Fsp3) is 0.125. The summed E-state index contributed by atoms with van der Waals surface area (Å²) in [6.45, 7) is 2.21. The molecule has 0 saturated carbocycles. The van der Waals surface area contributed by atoms with Gasteiger partial charge in [0.25, 0.3) is 5.91 Å². The summed E-state index contributed by atoms with van der Waals surface area (Å²) in [5.41, 5.74) is 6.74. The van der Waals surface area contributed by atoms with E-state index in [0.29, 0.717) is 39.4 Å². The van der Waals surface area contributed by atoms with Crippen LogP contribution in [0.5, 0.6) is 5.75 Å². The summed E-state index contributed by atoms with van der Waals surface area (Å²) in [5, 5.41) is 3.14. The van der Waals surface area contributed by atoms with Gasteiger partial charge in [0.2, 0.25) is 5.91 Å². The van der Waals surface area contributed by atoms with Gasteiger partial charge in [-0.25, -0.2) is 4.98 Å². The van der Waals surface area contributed by atoms with Crippen molar-refractivity contribution >= 4 is 34.8 Å². The van der Waals surface area contributed by atoms with E-state index in [4.69, 9.17) is 20.8 Å². The molecule has 4 rings (SSSR count). The minimum atomic E-state index is -0.418. The number of aromatic nitrogens is 1. The van der Waals surface area contributed by atoms with Gasteiger partial charge >= 0.3 is 0 Å². The summed E-state index contributed by atoms with van der Waals surface area (Å²) in [6.07, 6.45) is 0.0391. The molecule has 9 heteroatoms. The standard InChI is InChI=1S/C24H20ClN3O4S/c1-15-2-11-21(32-15)24-26-19(14-33-24)12-22(29)27-28-23(30)17-5-3-16(4-6-17)13-31-20-9-7-18(25)8-10-20/h2-11,14H,12-13H2,1H3,(H,27,29)(H,28,30). The fourth-order valence-electron chi connectivity index (χ4n) is 2.91. The van der Waals surface area contributed by atoms with Crippen molar-refractivity contribution in [1.82, 2.24) is 15.8 Å². The third-order valence-electron chi connectivity index (χ3n) is 4.60. The van der Waals surface area contributed by atoms with Crippen LogP contribution in [0.15, 0.2) is 70.5 Å². The second-order valence-corrected chi connectivity index (χ2v) is 8.47. The second-order valence-electron chi connectivity index (χ2n) is 7.17. The molecule has 33 heavy (non-hydrogen) atoms. The molecule has 0 spiro atoms. The Morgan fingerprint density at radius 3 is 2.48 bits per heavy atom. The highest BCUT2D eigenvalue weighted by atomic mass is 35.5. The van der Waals surface area contributed by atoms with Gasteiger partial charge in [-0.2, -0.15) is 0 Å². The van der Waals surface area contributed by atoms with E-state index in [1.165, 1.54) is 11.3 Å². The average Bonchev–Trinajstić information content (AvgIpc) is 3.46. The predicted octanol–water partition coefficient (Wildman–Crippen LogP) is 4.95. The van der Waals surface area contributed by atoms with Crippen LogP contribution in [0.25, 0.3) is 10.8 Å². The number of hydrazine groups is 1. The maximum Gasteiger partial charge on any atom is 0.269 e. The highest BCUT2D eigenvalue weighted by molar-refractivity contribution is 7.13. The summed E-state index contributed by atoms with van der Waals surface area (Å²) < 4.78 is 11.2. The molecule has 2 N–H and O–H groups in total. The van der Waals surface area contributed by atoms with Gasteiger partial charge in [0.1, 0.15) is 18.1 Å². The Hall–Kier alpha value is -3.62. The quantitative estimate of drug-likeness (QED) is 0.364. The molecule has 0 aliphatic heterocycles. The first-order valence-corrected chi connectivity index (χ1v) is 11.3. The van der Waals surface area contributed by atoms with Crippen LogP contribution >= 0.6 is 22.9 Å². The lowest BCUT2D eigenvalue weighted by Gasteiger charge is -2.09. The summed E-state index contributed by atoms with van der Waals surface area (Å²) >= 11 is 7.26. The van der Waals surface area contributed by atoms with E-state index in [0.717, 1.165) is 11.3 Å². The average molecular weight is 482 g/mol. The van der Waals surface area contributed by atoms with Gasteiger partial charge in [-0.3, -0.25) is 20.4 Å². The van der Waals surface area contributed by atoms with Crippen LogP contribution < -0.4 is 15.6 Å². The molecule has 0 unspecified atom stereocenters. The van der Waals surface area contributed by atoms with E-state index in [-0.39, 0.29) is 12.3 Å². The first-order chi connectivity index (χ1) is 16.0. The normalized spacial score (nSPS) is 10.6. The molecule has 0 bridgehead atoms. The third kappa shape index (κ3) is 6.21. The molecule has 0 fully saturated rings. The number of hydrogen-bond acceptors (Lipinski definition) is 6. The van der Waals surface area contributed by atoms with Crippen molar-refractivity contribution in [2.24, 2.45) is 0 Å². The molecule has 168 valence electrons. The van der Waals surface area contributed by atoms with E-state index in [2.05, 4.69) is 15.8 Å². The van der Waals surface area contributed by atoms with Crippen LogP contribution in [-0.2, 0) is 17.8 Å². The Morgan fingerprint density at radius 1 is 1.03 bits per heavy atom. The van der Waals surface area contributed by atoms with Crippen molar-refractivity contribution in [3.8, 4) is 16.5 Å². The Labute approximate surface area is 199 Å². The number of ether oxygens (including phenoxy) is 1. The number of hydrogen-bond donors (Lipinski definition) is 2. The first kappa shape index (κ1) is 22.6. The summed E-state index contributed by atoms with van der Waals surface area (Å²) in [6, 6.07) is 17.7. The number of carbonyl (C=O) groups excluding carboxylic acids is 2. The molecule has 0 atom stereocenters. The molecule has 0 aliphatic carbocycles. The number of nitrogens with zero attached hydrogens (tertiary/aromatic N) is 1. The monoisotopic (exact) mass is 481 g/mol. The van der Waals surface area contributed by atoms with Gasteiger partial charge in [-0.15, -0.1) is 11.3 Å². The molecule has 7 nitrogen and oxygen atoms in total. The summed E-state index contributed by atoms with van der Waals surface area (Å²) in [4.78, 5) is 28.9. The zero-order valence-corrected chi connectivity index (χ0v) is 19.2. The number of halogens is 1. The van der Waals surface area contributed by atoms with Crippen molar-refractivity contribution in [1.29, 1.82) is 0 Å². The minimum Gasteiger partial charge on any atom is -0.489 e. The number of rotatable bonds is 7. The topological polar surface area (TPSA) is 93.5 Å². The number of amides is 2. The van der Waals surface area contributed by atoms with Gasteiger partial charge in [0.05, 0.1) is 12.1 Å². The minimum absolute atomic E-state index is 0.0391. The van der Waals surface area contributed by atoms with Crippen molar-refractivity contribution in [2.45, 2.75) is 20.0 Å². The molecule has 2 heterocycles. The smallest absolute Gasteiger partial charge is 0.269 e. The Bertz CT molecular complexity index is 1250. The molecular formula is C24H20ClN3O4S. The zero-order valence-electron chi connectivity index (χ0n) is 17.6. The number of furan rings is 1. The highest BCUT2D eigenvalue weighted by Crippen LogP contribution is 2.25. The van der Waals surface area contributed by atoms with Gasteiger partial charge in [0.15, 0.2) is 10.8 Å². The molecule has 0 saturated heterocycles. The Balaban J connectivity index is 1.24. The van der Waals surface area contributed by atoms with Crippen LogP contribution in [-0.4, -0.2) is 16.8 Å². The number of thiazole rings is 1. The summed E-state index contributed by atoms with van der Waals surface area (Å²) in [5.74, 6) is 1.38. The lowest BCUT2D eigenvalue weighted by atomic mass is 10.1. The summed E-state index contributed by atoms with van der Waals surface area (Å²) in [7, 11) is 0. The van der Waals surface area contributed by atoms with E-state index in [1.54, 1.807) is 53.9 Å². The third-order valence-corrected chi connectivity index (χ3v) is 5.75. The van der Waals surface area contributed by atoms with Gasteiger partial charge in [-0.1, -0.05) is 23.7 Å². The molecule has 0 aliphatic rings. The van der Waals surface area contributed by atoms with Gasteiger partial charge < -0.3 is 9.15 Å². The number of benzene rings is 2. The maximum atomic E-state index is 12.3. The van der Waals surface area contributed by atoms with Crippen LogP contribution in [0.4, 0.5) is 0 Å². The van der Waals surface area contributed by atoms with E-state index in [9.17, 15) is 9.59 Å². The van der Waals surface area contributed by atoms with Gasteiger partial charge in [0, 0.05) is 16.0 Å². The van der Waals surface area contributed by atoms with Crippen LogP contribution in [0.2, 0.25) is 5.02 Å². The number of carbonyl (C=O) groups is 2. The number of nitrogens with one attached hydrogen (secondary N) is 2. The molecule has 2 amide bonds. The number of aryl methyl sites for hydroxylation is 1. The van der Waals surface area contributed by atoms with E-state index < -0.39 is 5.91 Å².